The van der Waals surface area contributed by atoms with Gasteiger partial charge in [0, 0.05) is 31.4 Å². The molecule has 8 nitrogen and oxygen atoms in total. The van der Waals surface area contributed by atoms with Crippen LogP contribution in [0.4, 0.5) is 21.7 Å². The third-order valence-corrected chi connectivity index (χ3v) is 3.29. The number of benzene rings is 1. The maximum absolute atomic E-state index is 14.0. The molecule has 0 fully saturated rings. The van der Waals surface area contributed by atoms with Crippen LogP contribution in [0.1, 0.15) is 20.7 Å². The van der Waals surface area contributed by atoms with Crippen molar-refractivity contribution in [1.82, 2.24) is 10.3 Å². The van der Waals surface area contributed by atoms with E-state index in [4.69, 9.17) is 11.5 Å². The number of pyridine rings is 1. The third kappa shape index (κ3) is 4.42. The fraction of sp³-hybridized carbons (Fsp3) is 0.188. The van der Waals surface area contributed by atoms with E-state index in [9.17, 15) is 14.0 Å². The second-order valence-electron chi connectivity index (χ2n) is 5.08. The highest BCUT2D eigenvalue weighted by atomic mass is 19.1. The average molecular weight is 346 g/mol. The number of nitrogens with two attached hydrogens (primary N) is 2. The molecular weight excluding hydrogens is 327 g/mol. The normalized spacial score (nSPS) is 10.2. The minimum Gasteiger partial charge on any atom is -0.366 e. The van der Waals surface area contributed by atoms with Crippen molar-refractivity contribution in [2.75, 3.05) is 30.8 Å². The van der Waals surface area contributed by atoms with Gasteiger partial charge in [0.1, 0.15) is 5.82 Å². The van der Waals surface area contributed by atoms with Gasteiger partial charge >= 0.3 is 0 Å². The summed E-state index contributed by atoms with van der Waals surface area (Å²) >= 11 is 0. The van der Waals surface area contributed by atoms with Crippen molar-refractivity contribution in [3.05, 3.63) is 47.3 Å². The molecule has 0 spiro atoms. The Balaban J connectivity index is 2.40. The van der Waals surface area contributed by atoms with Gasteiger partial charge in [0.2, 0.25) is 0 Å². The molecule has 2 aromatic rings. The number of carbonyl (C=O) groups is 2. The Morgan fingerprint density at radius 1 is 1.24 bits per heavy atom. The fourth-order valence-corrected chi connectivity index (χ4v) is 2.11. The number of nitrogens with zero attached hydrogens (tertiary/aromatic N) is 1. The predicted molar refractivity (Wildman–Crippen MR) is 93.4 cm³/mol. The molecule has 0 atom stereocenters. The largest absolute Gasteiger partial charge is 0.366 e. The molecule has 132 valence electrons. The molecule has 0 saturated carbocycles. The van der Waals surface area contributed by atoms with Crippen molar-refractivity contribution in [2.45, 2.75) is 0 Å². The molecular formula is C16H19FN6O2. The number of hydrogen-bond acceptors (Lipinski definition) is 6. The molecule has 0 bridgehead atoms. The first-order valence-corrected chi connectivity index (χ1v) is 7.49. The molecule has 2 amide bonds. The monoisotopic (exact) mass is 346 g/mol. The Hall–Kier alpha value is -3.20. The predicted octanol–water partition coefficient (Wildman–Crippen LogP) is 0.793. The Kier molecular flexibility index (Phi) is 5.85. The van der Waals surface area contributed by atoms with Crippen molar-refractivity contribution in [1.29, 1.82) is 0 Å². The number of carbonyl (C=O) groups excluding carboxylic acids is 2. The summed E-state index contributed by atoms with van der Waals surface area (Å²) in [4.78, 5) is 27.4. The summed E-state index contributed by atoms with van der Waals surface area (Å²) in [7, 11) is 1.52. The van der Waals surface area contributed by atoms with E-state index in [0.717, 1.165) is 6.07 Å². The number of amides is 2. The number of halogens is 1. The SMILES string of the molecule is CNC(=O)c1cccc(Nc2nc(NCCN)c(F)cc2C(N)=O)c1. The number of hydrogen-bond donors (Lipinski definition) is 5. The Bertz CT molecular complexity index is 796. The number of aromatic nitrogens is 1. The van der Waals surface area contributed by atoms with Gasteiger partial charge in [-0.2, -0.15) is 0 Å². The first kappa shape index (κ1) is 18.1. The maximum atomic E-state index is 14.0. The molecule has 0 aliphatic heterocycles. The van der Waals surface area contributed by atoms with Crippen molar-refractivity contribution in [3.63, 3.8) is 0 Å². The molecule has 25 heavy (non-hydrogen) atoms. The van der Waals surface area contributed by atoms with E-state index in [0.29, 0.717) is 17.8 Å². The van der Waals surface area contributed by atoms with Gasteiger partial charge in [0.15, 0.2) is 11.6 Å². The summed E-state index contributed by atoms with van der Waals surface area (Å²) in [6.07, 6.45) is 0. The van der Waals surface area contributed by atoms with Crippen LogP contribution in [-0.4, -0.2) is 36.9 Å². The van der Waals surface area contributed by atoms with Crippen LogP contribution in [0.5, 0.6) is 0 Å². The lowest BCUT2D eigenvalue weighted by atomic mass is 10.1. The van der Waals surface area contributed by atoms with Gasteiger partial charge in [0.05, 0.1) is 5.56 Å². The molecule has 0 aliphatic carbocycles. The van der Waals surface area contributed by atoms with Crippen LogP contribution in [0, 0.1) is 5.82 Å². The second kappa shape index (κ2) is 8.06. The lowest BCUT2D eigenvalue weighted by Crippen LogP contribution is -2.19. The summed E-state index contributed by atoms with van der Waals surface area (Å²) in [5.74, 6) is -1.80. The minimum absolute atomic E-state index is 0.0552. The number of nitrogens with one attached hydrogen (secondary N) is 3. The molecule has 0 radical (unpaired) electrons. The summed E-state index contributed by atoms with van der Waals surface area (Å²) in [5.41, 5.74) is 11.5. The highest BCUT2D eigenvalue weighted by Gasteiger charge is 2.16. The van der Waals surface area contributed by atoms with Gasteiger partial charge in [0.25, 0.3) is 11.8 Å². The standard InChI is InChI=1S/C16H19FN6O2/c1-20-16(25)9-3-2-4-10(7-9)22-14-11(13(19)24)8-12(17)15(23-14)21-6-5-18/h2-4,7-8H,5-6,18H2,1H3,(H2,19,24)(H,20,25)(H2,21,22,23). The van der Waals surface area contributed by atoms with E-state index in [1.165, 1.54) is 7.05 Å². The van der Waals surface area contributed by atoms with Crippen molar-refractivity contribution in [3.8, 4) is 0 Å². The van der Waals surface area contributed by atoms with Crippen LogP contribution in [0.25, 0.3) is 0 Å². The number of primary amides is 1. The zero-order valence-electron chi connectivity index (χ0n) is 13.6. The molecule has 1 aromatic carbocycles. The Morgan fingerprint density at radius 2 is 2.00 bits per heavy atom. The van der Waals surface area contributed by atoms with Gasteiger partial charge in [-0.15, -0.1) is 0 Å². The third-order valence-electron chi connectivity index (χ3n) is 3.29. The van der Waals surface area contributed by atoms with Crippen LogP contribution in [0.2, 0.25) is 0 Å². The van der Waals surface area contributed by atoms with Crippen LogP contribution in [0.15, 0.2) is 30.3 Å². The first-order chi connectivity index (χ1) is 12.0. The van der Waals surface area contributed by atoms with E-state index in [2.05, 4.69) is 20.9 Å². The van der Waals surface area contributed by atoms with Crippen LogP contribution in [0.3, 0.4) is 0 Å². The maximum Gasteiger partial charge on any atom is 0.252 e. The van der Waals surface area contributed by atoms with E-state index in [1.807, 2.05) is 0 Å². The Morgan fingerprint density at radius 3 is 2.64 bits per heavy atom. The van der Waals surface area contributed by atoms with E-state index in [-0.39, 0.29) is 29.7 Å². The van der Waals surface area contributed by atoms with E-state index < -0.39 is 11.7 Å². The van der Waals surface area contributed by atoms with E-state index >= 15 is 0 Å². The molecule has 1 heterocycles. The highest BCUT2D eigenvalue weighted by Crippen LogP contribution is 2.24. The zero-order chi connectivity index (χ0) is 18.4. The fourth-order valence-electron chi connectivity index (χ4n) is 2.11. The lowest BCUT2D eigenvalue weighted by molar-refractivity contribution is 0.0961. The first-order valence-electron chi connectivity index (χ1n) is 7.49. The van der Waals surface area contributed by atoms with Gasteiger partial charge in [-0.25, -0.2) is 9.37 Å². The van der Waals surface area contributed by atoms with Crippen molar-refractivity contribution >= 4 is 29.1 Å². The quantitative estimate of drug-likeness (QED) is 0.503. The molecule has 0 unspecified atom stereocenters. The minimum atomic E-state index is -0.832. The van der Waals surface area contributed by atoms with E-state index in [1.54, 1.807) is 24.3 Å². The van der Waals surface area contributed by atoms with Crippen LogP contribution in [-0.2, 0) is 0 Å². The average Bonchev–Trinajstić information content (AvgIpc) is 2.61. The highest BCUT2D eigenvalue weighted by molar-refractivity contribution is 5.99. The zero-order valence-corrected chi connectivity index (χ0v) is 13.6. The molecule has 0 saturated heterocycles. The van der Waals surface area contributed by atoms with Gasteiger partial charge in [-0.1, -0.05) is 6.07 Å². The van der Waals surface area contributed by atoms with Crippen molar-refractivity contribution in [2.24, 2.45) is 11.5 Å². The van der Waals surface area contributed by atoms with Crippen LogP contribution < -0.4 is 27.4 Å². The summed E-state index contributed by atoms with van der Waals surface area (Å²) in [6.45, 7) is 0.598. The van der Waals surface area contributed by atoms with Gasteiger partial charge in [-0.05, 0) is 24.3 Å². The number of rotatable bonds is 7. The molecule has 7 N–H and O–H groups in total. The Labute approximate surface area is 143 Å². The van der Waals surface area contributed by atoms with Gasteiger partial charge < -0.3 is 27.4 Å². The van der Waals surface area contributed by atoms with Crippen molar-refractivity contribution < 1.29 is 14.0 Å². The van der Waals surface area contributed by atoms with Gasteiger partial charge in [-0.3, -0.25) is 9.59 Å². The lowest BCUT2D eigenvalue weighted by Gasteiger charge is -2.13. The summed E-state index contributed by atoms with van der Waals surface area (Å²) < 4.78 is 14.0. The second-order valence-corrected chi connectivity index (χ2v) is 5.08. The van der Waals surface area contributed by atoms with Crippen LogP contribution >= 0.6 is 0 Å². The molecule has 1 aromatic heterocycles. The topological polar surface area (TPSA) is 135 Å². The molecule has 0 aliphatic rings. The number of anilines is 3. The summed E-state index contributed by atoms with van der Waals surface area (Å²) in [6, 6.07) is 7.54. The molecule has 2 rings (SSSR count). The smallest absolute Gasteiger partial charge is 0.252 e. The molecule has 9 heteroatoms. The summed E-state index contributed by atoms with van der Waals surface area (Å²) in [5, 5.41) is 8.13.